The first-order valence-electron chi connectivity index (χ1n) is 4.24. The van der Waals surface area contributed by atoms with E-state index in [-0.39, 0.29) is 0 Å². The van der Waals surface area contributed by atoms with Gasteiger partial charge in [-0.1, -0.05) is 17.7 Å². The van der Waals surface area contributed by atoms with Crippen LogP contribution in [0.2, 0.25) is 5.15 Å². The van der Waals surface area contributed by atoms with Crippen molar-refractivity contribution in [2.24, 2.45) is 0 Å². The van der Waals surface area contributed by atoms with Crippen LogP contribution in [0.4, 0.5) is 13.2 Å². The van der Waals surface area contributed by atoms with E-state index in [2.05, 4.69) is 4.98 Å². The largest absolute Gasteiger partial charge is 0.416 e. The first kappa shape index (κ1) is 10.4. The summed E-state index contributed by atoms with van der Waals surface area (Å²) in [6.45, 7) is 1.76. The van der Waals surface area contributed by atoms with Crippen LogP contribution in [0, 0.1) is 6.92 Å². The lowest BCUT2D eigenvalue weighted by atomic mass is 10.1. The second kappa shape index (κ2) is 3.17. The minimum Gasteiger partial charge on any atom is -0.345 e. The summed E-state index contributed by atoms with van der Waals surface area (Å²) in [4.78, 5) is 2.70. The molecule has 0 spiro atoms. The quantitative estimate of drug-likeness (QED) is 0.704. The number of alkyl halides is 3. The molecule has 0 fully saturated rings. The molecule has 1 nitrogen and oxygen atoms in total. The summed E-state index contributed by atoms with van der Waals surface area (Å²) in [6.07, 6.45) is -4.32. The molecule has 0 saturated carbocycles. The summed E-state index contributed by atoms with van der Waals surface area (Å²) in [5.74, 6) is 0. The van der Waals surface area contributed by atoms with E-state index < -0.39 is 11.7 Å². The maximum Gasteiger partial charge on any atom is 0.416 e. The molecule has 0 aliphatic carbocycles. The molecule has 0 aliphatic rings. The Bertz CT molecular complexity index is 513. The number of fused-ring (bicyclic) bond motifs is 1. The third kappa shape index (κ3) is 1.69. The van der Waals surface area contributed by atoms with E-state index in [0.717, 1.165) is 17.7 Å². The number of halogens is 4. The number of H-pyrrole nitrogens is 1. The van der Waals surface area contributed by atoms with Gasteiger partial charge in [-0.15, -0.1) is 0 Å². The van der Waals surface area contributed by atoms with E-state index in [0.29, 0.717) is 16.1 Å². The summed E-state index contributed by atoms with van der Waals surface area (Å²) in [5, 5.41) is 1.09. The Hall–Kier alpha value is -1.16. The fourth-order valence-corrected chi connectivity index (χ4v) is 1.68. The number of nitrogens with one attached hydrogen (secondary N) is 1. The highest BCUT2D eigenvalue weighted by atomic mass is 35.5. The third-order valence-electron chi connectivity index (χ3n) is 2.32. The van der Waals surface area contributed by atoms with Gasteiger partial charge in [0.25, 0.3) is 0 Å². The van der Waals surface area contributed by atoms with E-state index >= 15 is 0 Å². The lowest BCUT2D eigenvalue weighted by Gasteiger charge is -2.05. The van der Waals surface area contributed by atoms with Gasteiger partial charge in [0, 0.05) is 10.9 Å². The van der Waals surface area contributed by atoms with Crippen LogP contribution in [0.25, 0.3) is 10.9 Å². The molecule has 80 valence electrons. The Balaban J connectivity index is 2.67. The van der Waals surface area contributed by atoms with Crippen LogP contribution in [0.3, 0.4) is 0 Å². The molecule has 0 radical (unpaired) electrons. The zero-order valence-electron chi connectivity index (χ0n) is 7.74. The SMILES string of the molecule is Cc1c(Cl)[nH]c2cc(C(F)(F)F)ccc12. The number of aryl methyl sites for hydroxylation is 1. The maximum absolute atomic E-state index is 12.4. The fourth-order valence-electron chi connectivity index (χ4n) is 1.48. The van der Waals surface area contributed by atoms with Gasteiger partial charge in [0.2, 0.25) is 0 Å². The predicted octanol–water partition coefficient (Wildman–Crippen LogP) is 4.15. The Morgan fingerprint density at radius 2 is 1.93 bits per heavy atom. The molecule has 15 heavy (non-hydrogen) atoms. The van der Waals surface area contributed by atoms with Crippen LogP contribution in [0.5, 0.6) is 0 Å². The van der Waals surface area contributed by atoms with Crippen LogP contribution in [-0.4, -0.2) is 4.98 Å². The smallest absolute Gasteiger partial charge is 0.345 e. The molecule has 1 aromatic heterocycles. The number of aromatic nitrogens is 1. The maximum atomic E-state index is 12.4. The van der Waals surface area contributed by atoms with Crippen molar-refractivity contribution in [3.8, 4) is 0 Å². The normalized spacial score (nSPS) is 12.3. The number of hydrogen-bond acceptors (Lipinski definition) is 0. The molecule has 0 unspecified atom stereocenters. The summed E-state index contributed by atoms with van der Waals surface area (Å²) in [7, 11) is 0. The summed E-state index contributed by atoms with van der Waals surface area (Å²) >= 11 is 5.78. The van der Waals surface area contributed by atoms with E-state index in [1.807, 2.05) is 0 Å². The van der Waals surface area contributed by atoms with E-state index in [4.69, 9.17) is 11.6 Å². The van der Waals surface area contributed by atoms with Crippen molar-refractivity contribution in [1.29, 1.82) is 0 Å². The van der Waals surface area contributed by atoms with Gasteiger partial charge >= 0.3 is 6.18 Å². The second-order valence-corrected chi connectivity index (χ2v) is 3.70. The number of rotatable bonds is 0. The minimum atomic E-state index is -4.32. The average Bonchev–Trinajstić information content (AvgIpc) is 2.41. The lowest BCUT2D eigenvalue weighted by molar-refractivity contribution is -0.137. The Morgan fingerprint density at radius 1 is 1.27 bits per heavy atom. The molecule has 0 atom stereocenters. The fraction of sp³-hybridized carbons (Fsp3) is 0.200. The number of benzene rings is 1. The zero-order valence-corrected chi connectivity index (χ0v) is 8.50. The molecule has 0 bridgehead atoms. The van der Waals surface area contributed by atoms with Gasteiger partial charge in [-0.25, -0.2) is 0 Å². The van der Waals surface area contributed by atoms with Gasteiger partial charge < -0.3 is 4.98 Å². The van der Waals surface area contributed by atoms with Crippen molar-refractivity contribution in [2.45, 2.75) is 13.1 Å². The number of aromatic amines is 1. The van der Waals surface area contributed by atoms with Gasteiger partial charge in [-0.3, -0.25) is 0 Å². The highest BCUT2D eigenvalue weighted by molar-refractivity contribution is 6.31. The molecule has 1 aromatic carbocycles. The van der Waals surface area contributed by atoms with Crippen LogP contribution in [-0.2, 0) is 6.18 Å². The first-order valence-corrected chi connectivity index (χ1v) is 4.62. The van der Waals surface area contributed by atoms with Crippen LogP contribution in [0.15, 0.2) is 18.2 Å². The molecule has 0 saturated heterocycles. The van der Waals surface area contributed by atoms with Crippen molar-refractivity contribution in [3.05, 3.63) is 34.5 Å². The van der Waals surface area contributed by atoms with Crippen LogP contribution >= 0.6 is 11.6 Å². The summed E-state index contributed by atoms with van der Waals surface area (Å²) < 4.78 is 37.1. The predicted molar refractivity (Wildman–Crippen MR) is 53.0 cm³/mol. The molecule has 0 aliphatic heterocycles. The molecular weight excluding hydrogens is 227 g/mol. The van der Waals surface area contributed by atoms with Crippen LogP contribution < -0.4 is 0 Å². The van der Waals surface area contributed by atoms with Gasteiger partial charge in [0.1, 0.15) is 5.15 Å². The molecule has 0 amide bonds. The minimum absolute atomic E-state index is 0.379. The lowest BCUT2D eigenvalue weighted by Crippen LogP contribution is -2.04. The van der Waals surface area contributed by atoms with Gasteiger partial charge in [0.15, 0.2) is 0 Å². The third-order valence-corrected chi connectivity index (χ3v) is 2.70. The molecular formula is C10H7ClF3N. The summed E-state index contributed by atoms with van der Waals surface area (Å²) in [5.41, 5.74) is 0.501. The topological polar surface area (TPSA) is 15.8 Å². The Kier molecular flexibility index (Phi) is 2.19. The second-order valence-electron chi connectivity index (χ2n) is 3.32. The highest BCUT2D eigenvalue weighted by Gasteiger charge is 2.30. The summed E-state index contributed by atoms with van der Waals surface area (Å²) in [6, 6.07) is 3.55. The standard InChI is InChI=1S/C10H7ClF3N/c1-5-7-3-2-6(10(12,13)14)4-8(7)15-9(5)11/h2-4,15H,1H3. The van der Waals surface area contributed by atoms with Gasteiger partial charge in [-0.2, -0.15) is 13.2 Å². The monoisotopic (exact) mass is 233 g/mol. The molecule has 1 N–H and O–H groups in total. The van der Waals surface area contributed by atoms with Gasteiger partial charge in [-0.05, 0) is 24.6 Å². The van der Waals surface area contributed by atoms with Crippen molar-refractivity contribution < 1.29 is 13.2 Å². The molecule has 5 heteroatoms. The first-order chi connectivity index (χ1) is 6.89. The van der Waals surface area contributed by atoms with Gasteiger partial charge in [0.05, 0.1) is 5.56 Å². The highest BCUT2D eigenvalue weighted by Crippen LogP contribution is 2.33. The van der Waals surface area contributed by atoms with E-state index in [9.17, 15) is 13.2 Å². The molecule has 1 heterocycles. The van der Waals surface area contributed by atoms with E-state index in [1.165, 1.54) is 6.07 Å². The molecule has 2 aromatic rings. The van der Waals surface area contributed by atoms with Crippen molar-refractivity contribution in [3.63, 3.8) is 0 Å². The Labute approximate surface area is 88.9 Å². The average molecular weight is 234 g/mol. The van der Waals surface area contributed by atoms with Crippen LogP contribution in [0.1, 0.15) is 11.1 Å². The van der Waals surface area contributed by atoms with Crippen molar-refractivity contribution in [2.75, 3.05) is 0 Å². The van der Waals surface area contributed by atoms with Crippen molar-refractivity contribution >= 4 is 22.5 Å². The zero-order chi connectivity index (χ0) is 11.2. The van der Waals surface area contributed by atoms with Crippen molar-refractivity contribution in [1.82, 2.24) is 4.98 Å². The Morgan fingerprint density at radius 3 is 2.53 bits per heavy atom. The molecule has 2 rings (SSSR count). The van der Waals surface area contributed by atoms with E-state index in [1.54, 1.807) is 6.92 Å². The number of hydrogen-bond donors (Lipinski definition) is 1.